The van der Waals surface area contributed by atoms with Crippen LogP contribution >= 0.6 is 43.2 Å². The number of nitrogens with zero attached hydrogens (tertiary/aromatic N) is 2. The summed E-state index contributed by atoms with van der Waals surface area (Å²) in [6, 6.07) is 11.1. The van der Waals surface area contributed by atoms with Crippen molar-refractivity contribution in [3.63, 3.8) is 0 Å². The molecule has 4 rings (SSSR count). The Morgan fingerprint density at radius 3 is 2.83 bits per heavy atom. The van der Waals surface area contributed by atoms with Crippen molar-refractivity contribution in [1.29, 1.82) is 0 Å². The maximum absolute atomic E-state index is 12.7. The van der Waals surface area contributed by atoms with Crippen LogP contribution in [0, 0.1) is 0 Å². The quantitative estimate of drug-likeness (QED) is 0.480. The second kappa shape index (κ2) is 5.43. The van der Waals surface area contributed by atoms with E-state index in [4.69, 9.17) is 0 Å². The molecular weight excluding hydrogens is 444 g/mol. The van der Waals surface area contributed by atoms with Crippen LogP contribution in [0.15, 0.2) is 50.1 Å². The van der Waals surface area contributed by atoms with Crippen molar-refractivity contribution in [3.05, 3.63) is 65.8 Å². The van der Waals surface area contributed by atoms with E-state index in [1.165, 1.54) is 11.3 Å². The van der Waals surface area contributed by atoms with Gasteiger partial charge in [0.2, 0.25) is 0 Å². The topological polar surface area (TPSA) is 54.6 Å². The third-order valence-corrected chi connectivity index (χ3v) is 5.52. The molecule has 0 fully saturated rings. The van der Waals surface area contributed by atoms with Crippen molar-refractivity contribution in [2.75, 3.05) is 0 Å². The summed E-state index contributed by atoms with van der Waals surface area (Å²) in [5, 5.41) is 10.2. The molecule has 0 atom stereocenters. The average Bonchev–Trinajstić information content (AvgIpc) is 3.01. The lowest BCUT2D eigenvalue weighted by Gasteiger charge is -2.02. The monoisotopic (exact) mass is 450 g/mol. The summed E-state index contributed by atoms with van der Waals surface area (Å²) in [6.45, 7) is 0. The van der Waals surface area contributed by atoms with Gasteiger partial charge in [-0.3, -0.25) is 4.79 Å². The molecule has 0 spiro atoms. The van der Waals surface area contributed by atoms with Gasteiger partial charge in [-0.2, -0.15) is 0 Å². The molecule has 23 heavy (non-hydrogen) atoms. The average molecular weight is 452 g/mol. The van der Waals surface area contributed by atoms with E-state index in [2.05, 4.69) is 36.8 Å². The van der Waals surface area contributed by atoms with Crippen LogP contribution in [0.1, 0.15) is 5.56 Å². The van der Waals surface area contributed by atoms with Gasteiger partial charge in [0.1, 0.15) is 5.75 Å². The zero-order valence-electron chi connectivity index (χ0n) is 11.5. The van der Waals surface area contributed by atoms with Crippen LogP contribution in [0.3, 0.4) is 0 Å². The molecule has 0 unspecified atom stereocenters. The fraction of sp³-hybridized carbons (Fsp3) is 0. The first-order chi connectivity index (χ1) is 11.0. The highest BCUT2D eigenvalue weighted by Gasteiger charge is 2.12. The number of phenolic OH excluding ortho intramolecular Hbond substituents is 1. The lowest BCUT2D eigenvalue weighted by atomic mass is 10.2. The second-order valence-corrected chi connectivity index (χ2v) is 7.74. The highest BCUT2D eigenvalue weighted by atomic mass is 79.9. The summed E-state index contributed by atoms with van der Waals surface area (Å²) in [6.07, 6.45) is 1.68. The van der Waals surface area contributed by atoms with Gasteiger partial charge in [0.15, 0.2) is 4.96 Å². The Morgan fingerprint density at radius 1 is 1.22 bits per heavy atom. The Morgan fingerprint density at radius 2 is 2.00 bits per heavy atom. The molecule has 0 bridgehead atoms. The summed E-state index contributed by atoms with van der Waals surface area (Å²) in [4.78, 5) is 17.8. The number of benzene rings is 2. The van der Waals surface area contributed by atoms with Crippen LogP contribution in [0.2, 0.25) is 0 Å². The minimum atomic E-state index is -0.130. The first kappa shape index (κ1) is 14.9. The number of para-hydroxylation sites is 2. The smallest absolute Gasteiger partial charge is 0.274 e. The van der Waals surface area contributed by atoms with Gasteiger partial charge in [0, 0.05) is 10.0 Å². The van der Waals surface area contributed by atoms with E-state index in [9.17, 15) is 9.90 Å². The predicted molar refractivity (Wildman–Crippen MR) is 99.1 cm³/mol. The van der Waals surface area contributed by atoms with Gasteiger partial charge < -0.3 is 5.11 Å². The normalized spacial score (nSPS) is 12.5. The molecule has 2 aromatic carbocycles. The lowest BCUT2D eigenvalue weighted by molar-refractivity contribution is 0.470. The van der Waals surface area contributed by atoms with Gasteiger partial charge in [-0.05, 0) is 46.3 Å². The van der Waals surface area contributed by atoms with Crippen LogP contribution in [0.4, 0.5) is 0 Å². The Hall–Kier alpha value is -1.70. The van der Waals surface area contributed by atoms with Crippen molar-refractivity contribution >= 4 is 65.3 Å². The molecule has 4 nitrogen and oxygen atoms in total. The van der Waals surface area contributed by atoms with Crippen molar-refractivity contribution in [3.8, 4) is 5.75 Å². The van der Waals surface area contributed by atoms with Gasteiger partial charge in [0.05, 0.1) is 20.0 Å². The molecule has 2 heterocycles. The summed E-state index contributed by atoms with van der Waals surface area (Å²) in [5.41, 5.74) is 2.03. The molecule has 4 aromatic rings. The van der Waals surface area contributed by atoms with Crippen LogP contribution < -0.4 is 10.1 Å². The van der Waals surface area contributed by atoms with E-state index < -0.39 is 0 Å². The van der Waals surface area contributed by atoms with E-state index in [0.29, 0.717) is 19.5 Å². The van der Waals surface area contributed by atoms with E-state index in [0.717, 1.165) is 15.5 Å². The van der Waals surface area contributed by atoms with Gasteiger partial charge in [-0.15, -0.1) is 0 Å². The Kier molecular flexibility index (Phi) is 3.51. The first-order valence-electron chi connectivity index (χ1n) is 6.64. The van der Waals surface area contributed by atoms with E-state index in [1.54, 1.807) is 22.6 Å². The molecule has 0 saturated carbocycles. The SMILES string of the molecule is O=c1/c(=C/c2cc(Br)cc(Br)c2O)sc2nc3ccccc3n12. The minimum Gasteiger partial charge on any atom is -0.506 e. The highest BCUT2D eigenvalue weighted by Crippen LogP contribution is 2.32. The van der Waals surface area contributed by atoms with E-state index in [-0.39, 0.29) is 11.3 Å². The molecule has 2 aromatic heterocycles. The number of fused-ring (bicyclic) bond motifs is 3. The zero-order chi connectivity index (χ0) is 16.1. The number of thiazole rings is 1. The number of rotatable bonds is 1. The molecule has 0 aliphatic carbocycles. The van der Waals surface area contributed by atoms with Gasteiger partial charge in [0.25, 0.3) is 5.56 Å². The fourth-order valence-corrected chi connectivity index (χ4v) is 4.69. The summed E-state index contributed by atoms with van der Waals surface area (Å²) in [5.74, 6) is 0.100. The molecular formula is C16H8Br2N2O2S. The summed E-state index contributed by atoms with van der Waals surface area (Å²) >= 11 is 7.99. The minimum absolute atomic E-state index is 0.100. The van der Waals surface area contributed by atoms with Crippen LogP contribution in [-0.2, 0) is 0 Å². The zero-order valence-corrected chi connectivity index (χ0v) is 15.4. The number of imidazole rings is 1. The maximum Gasteiger partial charge on any atom is 0.274 e. The van der Waals surface area contributed by atoms with Gasteiger partial charge in [-0.1, -0.05) is 39.4 Å². The number of aromatic nitrogens is 2. The number of aromatic hydroxyl groups is 1. The van der Waals surface area contributed by atoms with E-state index in [1.807, 2.05) is 24.3 Å². The first-order valence-corrected chi connectivity index (χ1v) is 9.04. The highest BCUT2D eigenvalue weighted by molar-refractivity contribution is 9.11. The molecule has 0 aliphatic heterocycles. The van der Waals surface area contributed by atoms with Crippen molar-refractivity contribution in [1.82, 2.24) is 9.38 Å². The predicted octanol–water partition coefficient (Wildman–Crippen LogP) is 3.69. The molecule has 0 radical (unpaired) electrons. The van der Waals surface area contributed by atoms with Gasteiger partial charge in [-0.25, -0.2) is 9.38 Å². The largest absolute Gasteiger partial charge is 0.506 e. The molecule has 0 amide bonds. The molecule has 7 heteroatoms. The van der Waals surface area contributed by atoms with E-state index >= 15 is 0 Å². The maximum atomic E-state index is 12.7. The van der Waals surface area contributed by atoms with Crippen molar-refractivity contribution < 1.29 is 5.11 Å². The number of hydrogen-bond donors (Lipinski definition) is 1. The second-order valence-electron chi connectivity index (χ2n) is 4.96. The number of phenols is 1. The Balaban J connectivity index is 2.04. The molecule has 0 aliphatic rings. The van der Waals surface area contributed by atoms with Gasteiger partial charge >= 0.3 is 0 Å². The number of halogens is 2. The Bertz CT molecular complexity index is 1180. The lowest BCUT2D eigenvalue weighted by Crippen LogP contribution is -2.22. The van der Waals surface area contributed by atoms with Crippen LogP contribution in [0.5, 0.6) is 5.75 Å². The summed E-state index contributed by atoms with van der Waals surface area (Å²) < 4.78 is 3.51. The molecule has 114 valence electrons. The van der Waals surface area contributed by atoms with Crippen molar-refractivity contribution in [2.45, 2.75) is 0 Å². The third-order valence-electron chi connectivity index (χ3n) is 3.49. The Labute approximate surface area is 151 Å². The standard InChI is InChI=1S/C16H8Br2N2O2S/c17-9-5-8(14(21)10(18)7-9)6-13-15(22)20-12-4-2-1-3-11(12)19-16(20)23-13/h1-7,21H/b13-6-. The third kappa shape index (κ3) is 2.39. The molecule has 1 N–H and O–H groups in total. The van der Waals surface area contributed by atoms with Crippen molar-refractivity contribution in [2.24, 2.45) is 0 Å². The number of hydrogen-bond acceptors (Lipinski definition) is 4. The summed E-state index contributed by atoms with van der Waals surface area (Å²) in [7, 11) is 0. The molecule has 0 saturated heterocycles. The van der Waals surface area contributed by atoms with Crippen LogP contribution in [-0.4, -0.2) is 14.5 Å². The fourth-order valence-electron chi connectivity index (χ4n) is 2.45. The van der Waals surface area contributed by atoms with Crippen LogP contribution in [0.25, 0.3) is 22.1 Å².